The molecule has 1 aliphatic carbocycles. The third-order valence-corrected chi connectivity index (χ3v) is 5.38. The minimum atomic E-state index is 0.209. The van der Waals surface area contributed by atoms with E-state index in [2.05, 4.69) is 16.4 Å². The molecule has 0 aliphatic heterocycles. The van der Waals surface area contributed by atoms with Crippen LogP contribution in [0.3, 0.4) is 0 Å². The normalized spacial score (nSPS) is 14.7. The molecule has 1 aliphatic rings. The van der Waals surface area contributed by atoms with Crippen LogP contribution in [0.15, 0.2) is 60.8 Å². The van der Waals surface area contributed by atoms with Gasteiger partial charge in [-0.25, -0.2) is 0 Å². The number of nitrogens with one attached hydrogen (secondary N) is 1. The van der Waals surface area contributed by atoms with Crippen molar-refractivity contribution in [1.82, 2.24) is 10.3 Å². The minimum Gasteiger partial charge on any atom is -0.457 e. The quantitative estimate of drug-likeness (QED) is 0.640. The summed E-state index contributed by atoms with van der Waals surface area (Å²) in [6, 6.07) is 17.8. The molecule has 4 rings (SSSR count). The summed E-state index contributed by atoms with van der Waals surface area (Å²) >= 11 is 0. The number of ether oxygens (including phenoxy) is 1. The van der Waals surface area contributed by atoms with Crippen LogP contribution in [0.5, 0.6) is 11.5 Å². The van der Waals surface area contributed by atoms with E-state index < -0.39 is 0 Å². The first-order valence-electron chi connectivity index (χ1n) is 10.2. The molecule has 0 spiro atoms. The molecule has 1 amide bonds. The van der Waals surface area contributed by atoms with Gasteiger partial charge in [0.15, 0.2) is 0 Å². The van der Waals surface area contributed by atoms with E-state index in [0.29, 0.717) is 6.54 Å². The maximum atomic E-state index is 12.3. The Morgan fingerprint density at radius 3 is 2.64 bits per heavy atom. The minimum absolute atomic E-state index is 0.209. The van der Waals surface area contributed by atoms with Crippen LogP contribution in [0.1, 0.15) is 37.7 Å². The Hall–Kier alpha value is -2.88. The fourth-order valence-electron chi connectivity index (χ4n) is 3.82. The number of pyridine rings is 1. The Morgan fingerprint density at radius 1 is 1.00 bits per heavy atom. The number of amides is 1. The molecule has 1 fully saturated rings. The summed E-state index contributed by atoms with van der Waals surface area (Å²) in [5.74, 6) is 2.04. The topological polar surface area (TPSA) is 51.2 Å². The van der Waals surface area contributed by atoms with Crippen molar-refractivity contribution in [1.29, 1.82) is 0 Å². The zero-order chi connectivity index (χ0) is 19.2. The predicted molar refractivity (Wildman–Crippen MR) is 112 cm³/mol. The zero-order valence-corrected chi connectivity index (χ0v) is 16.1. The summed E-state index contributed by atoms with van der Waals surface area (Å²) in [4.78, 5) is 16.8. The SMILES string of the molecule is O=C(NCCc1cnc2ccc(Oc3ccccc3)cc2c1)C1CCCCC1. The van der Waals surface area contributed by atoms with Gasteiger partial charge in [0.25, 0.3) is 0 Å². The van der Waals surface area contributed by atoms with E-state index >= 15 is 0 Å². The predicted octanol–water partition coefficient (Wildman–Crippen LogP) is 5.27. The lowest BCUT2D eigenvalue weighted by atomic mass is 9.88. The third kappa shape index (κ3) is 4.69. The van der Waals surface area contributed by atoms with Crippen molar-refractivity contribution in [2.75, 3.05) is 6.54 Å². The van der Waals surface area contributed by atoms with Crippen molar-refractivity contribution in [3.8, 4) is 11.5 Å². The number of benzene rings is 2. The maximum Gasteiger partial charge on any atom is 0.223 e. The first-order valence-corrected chi connectivity index (χ1v) is 10.2. The van der Waals surface area contributed by atoms with Gasteiger partial charge >= 0.3 is 0 Å². The van der Waals surface area contributed by atoms with E-state index in [0.717, 1.165) is 47.2 Å². The smallest absolute Gasteiger partial charge is 0.223 e. The molecule has 1 heterocycles. The van der Waals surface area contributed by atoms with Crippen molar-refractivity contribution in [3.05, 3.63) is 66.4 Å². The molecule has 1 N–H and O–H groups in total. The standard InChI is InChI=1S/C24H26N2O2/c27-24(19-7-3-1-4-8-19)25-14-13-18-15-20-16-22(11-12-23(20)26-17-18)28-21-9-5-2-6-10-21/h2,5-6,9-12,15-17,19H,1,3-4,7-8,13-14H2,(H,25,27). The van der Waals surface area contributed by atoms with Crippen molar-refractivity contribution in [3.63, 3.8) is 0 Å². The van der Waals surface area contributed by atoms with Gasteiger partial charge in [-0.1, -0.05) is 37.5 Å². The molecule has 1 saturated carbocycles. The first-order chi connectivity index (χ1) is 13.8. The summed E-state index contributed by atoms with van der Waals surface area (Å²) < 4.78 is 5.92. The lowest BCUT2D eigenvalue weighted by Crippen LogP contribution is -2.33. The van der Waals surface area contributed by atoms with E-state index in [9.17, 15) is 4.79 Å². The Balaban J connectivity index is 1.38. The number of hydrogen-bond donors (Lipinski definition) is 1. The van der Waals surface area contributed by atoms with Crippen LogP contribution >= 0.6 is 0 Å². The molecular weight excluding hydrogens is 348 g/mol. The van der Waals surface area contributed by atoms with Gasteiger partial charge in [0.2, 0.25) is 5.91 Å². The van der Waals surface area contributed by atoms with Crippen molar-refractivity contribution < 1.29 is 9.53 Å². The van der Waals surface area contributed by atoms with Crippen LogP contribution in [-0.4, -0.2) is 17.4 Å². The first kappa shape index (κ1) is 18.5. The fraction of sp³-hybridized carbons (Fsp3) is 0.333. The Bertz CT molecular complexity index is 934. The van der Waals surface area contributed by atoms with Gasteiger partial charge in [-0.2, -0.15) is 0 Å². The summed E-state index contributed by atoms with van der Waals surface area (Å²) in [5.41, 5.74) is 2.06. The molecule has 1 aromatic heterocycles. The third-order valence-electron chi connectivity index (χ3n) is 5.38. The largest absolute Gasteiger partial charge is 0.457 e. The van der Waals surface area contributed by atoms with Gasteiger partial charge < -0.3 is 10.1 Å². The molecule has 2 aromatic carbocycles. The lowest BCUT2D eigenvalue weighted by molar-refractivity contribution is -0.125. The van der Waals surface area contributed by atoms with E-state index in [1.807, 2.05) is 54.7 Å². The summed E-state index contributed by atoms with van der Waals surface area (Å²) in [6.07, 6.45) is 8.38. The van der Waals surface area contributed by atoms with E-state index in [-0.39, 0.29) is 11.8 Å². The van der Waals surface area contributed by atoms with Gasteiger partial charge in [-0.05, 0) is 61.2 Å². The van der Waals surface area contributed by atoms with Crippen LogP contribution in [0, 0.1) is 5.92 Å². The van der Waals surface area contributed by atoms with Crippen LogP contribution in [0.2, 0.25) is 0 Å². The Labute approximate surface area is 165 Å². The number of para-hydroxylation sites is 1. The second-order valence-electron chi connectivity index (χ2n) is 7.49. The van der Waals surface area contributed by atoms with Crippen molar-refractivity contribution in [2.24, 2.45) is 5.92 Å². The number of hydrogen-bond acceptors (Lipinski definition) is 3. The number of aromatic nitrogens is 1. The molecule has 4 nitrogen and oxygen atoms in total. The molecule has 0 bridgehead atoms. The molecule has 0 atom stereocenters. The lowest BCUT2D eigenvalue weighted by Gasteiger charge is -2.20. The number of nitrogens with zero attached hydrogens (tertiary/aromatic N) is 1. The Morgan fingerprint density at radius 2 is 1.82 bits per heavy atom. The van der Waals surface area contributed by atoms with Crippen LogP contribution in [0.4, 0.5) is 0 Å². The van der Waals surface area contributed by atoms with E-state index in [1.165, 1.54) is 19.3 Å². The average Bonchev–Trinajstić information content (AvgIpc) is 2.75. The van der Waals surface area contributed by atoms with Gasteiger partial charge in [-0.3, -0.25) is 9.78 Å². The average molecular weight is 374 g/mol. The Kier molecular flexibility index (Phi) is 5.86. The van der Waals surface area contributed by atoms with Gasteiger partial charge in [0.1, 0.15) is 11.5 Å². The van der Waals surface area contributed by atoms with Gasteiger partial charge in [0, 0.05) is 24.0 Å². The monoisotopic (exact) mass is 374 g/mol. The van der Waals surface area contributed by atoms with Gasteiger partial charge in [-0.15, -0.1) is 0 Å². The number of rotatable bonds is 6. The summed E-state index contributed by atoms with van der Waals surface area (Å²) in [7, 11) is 0. The fourth-order valence-corrected chi connectivity index (χ4v) is 3.82. The molecule has 0 radical (unpaired) electrons. The molecular formula is C24H26N2O2. The molecule has 3 aromatic rings. The molecule has 4 heteroatoms. The van der Waals surface area contributed by atoms with Crippen LogP contribution < -0.4 is 10.1 Å². The second-order valence-corrected chi connectivity index (χ2v) is 7.49. The molecule has 28 heavy (non-hydrogen) atoms. The number of carbonyl (C=O) groups excluding carboxylic acids is 1. The van der Waals surface area contributed by atoms with E-state index in [1.54, 1.807) is 0 Å². The highest BCUT2D eigenvalue weighted by Gasteiger charge is 2.20. The zero-order valence-electron chi connectivity index (χ0n) is 16.1. The van der Waals surface area contributed by atoms with E-state index in [4.69, 9.17) is 4.74 Å². The number of carbonyl (C=O) groups is 1. The highest BCUT2D eigenvalue weighted by molar-refractivity contribution is 5.81. The van der Waals surface area contributed by atoms with Crippen LogP contribution in [0.25, 0.3) is 10.9 Å². The maximum absolute atomic E-state index is 12.3. The second kappa shape index (κ2) is 8.87. The van der Waals surface area contributed by atoms with Crippen molar-refractivity contribution >= 4 is 16.8 Å². The molecule has 0 saturated heterocycles. The molecule has 0 unspecified atom stereocenters. The highest BCUT2D eigenvalue weighted by atomic mass is 16.5. The molecule has 144 valence electrons. The van der Waals surface area contributed by atoms with Crippen molar-refractivity contribution in [2.45, 2.75) is 38.5 Å². The summed E-state index contributed by atoms with van der Waals surface area (Å²) in [6.45, 7) is 0.655. The number of fused-ring (bicyclic) bond motifs is 1. The summed E-state index contributed by atoms with van der Waals surface area (Å²) in [5, 5.41) is 4.15. The van der Waals surface area contributed by atoms with Crippen LogP contribution in [-0.2, 0) is 11.2 Å². The highest BCUT2D eigenvalue weighted by Crippen LogP contribution is 2.26. The van der Waals surface area contributed by atoms with Gasteiger partial charge in [0.05, 0.1) is 5.52 Å².